The van der Waals surface area contributed by atoms with Crippen molar-refractivity contribution in [3.8, 4) is 6.07 Å². The van der Waals surface area contributed by atoms with Crippen LogP contribution < -0.4 is 10.2 Å². The van der Waals surface area contributed by atoms with Gasteiger partial charge in [-0.25, -0.2) is 0 Å². The first-order valence-corrected chi connectivity index (χ1v) is 6.40. The van der Waals surface area contributed by atoms with Gasteiger partial charge < -0.3 is 15.1 Å². The van der Waals surface area contributed by atoms with E-state index in [9.17, 15) is 4.79 Å². The van der Waals surface area contributed by atoms with Crippen molar-refractivity contribution < 1.29 is 4.79 Å². The lowest BCUT2D eigenvalue weighted by molar-refractivity contribution is -0.130. The van der Waals surface area contributed by atoms with Gasteiger partial charge in [-0.15, -0.1) is 0 Å². The summed E-state index contributed by atoms with van der Waals surface area (Å²) in [5.41, 5.74) is 1.50. The van der Waals surface area contributed by atoms with Crippen LogP contribution >= 0.6 is 0 Å². The van der Waals surface area contributed by atoms with Crippen molar-refractivity contribution in [1.29, 1.82) is 5.26 Å². The number of nitriles is 1. The number of benzene rings is 1. The predicted molar refractivity (Wildman–Crippen MR) is 73.9 cm³/mol. The van der Waals surface area contributed by atoms with Gasteiger partial charge in [-0.05, 0) is 18.2 Å². The molecule has 1 fully saturated rings. The maximum Gasteiger partial charge on any atom is 0.242 e. The third-order valence-corrected chi connectivity index (χ3v) is 3.26. The minimum absolute atomic E-state index is 0.131. The van der Waals surface area contributed by atoms with Gasteiger partial charge >= 0.3 is 0 Å². The lowest BCUT2D eigenvalue weighted by Gasteiger charge is -2.29. The van der Waals surface area contributed by atoms with E-state index in [0.29, 0.717) is 12.1 Å². The molecule has 1 aromatic carbocycles. The quantitative estimate of drug-likeness (QED) is 0.854. The highest BCUT2D eigenvalue weighted by Gasteiger charge is 2.17. The lowest BCUT2D eigenvalue weighted by Crippen LogP contribution is -2.49. The molecule has 0 radical (unpaired) electrons. The summed E-state index contributed by atoms with van der Waals surface area (Å²) >= 11 is 0. The van der Waals surface area contributed by atoms with E-state index in [4.69, 9.17) is 5.26 Å². The summed E-state index contributed by atoms with van der Waals surface area (Å²) in [6.07, 6.45) is 0. The largest absolute Gasteiger partial charge is 0.365 e. The van der Waals surface area contributed by atoms with Crippen LogP contribution in [0, 0.1) is 11.3 Å². The monoisotopic (exact) mass is 258 g/mol. The Morgan fingerprint density at radius 3 is 2.89 bits per heavy atom. The van der Waals surface area contributed by atoms with Gasteiger partial charge in [0.05, 0.1) is 18.2 Å². The summed E-state index contributed by atoms with van der Waals surface area (Å²) in [7, 11) is 1.87. The topological polar surface area (TPSA) is 59.4 Å². The molecule has 5 heteroatoms. The van der Waals surface area contributed by atoms with Gasteiger partial charge in [0.1, 0.15) is 0 Å². The molecule has 1 amide bonds. The molecule has 0 atom stereocenters. The highest BCUT2D eigenvalue weighted by atomic mass is 16.2. The molecule has 0 unspecified atom stereocenters. The summed E-state index contributed by atoms with van der Waals surface area (Å²) in [5, 5.41) is 12.1. The minimum atomic E-state index is 0.131. The number of carbonyl (C=O) groups is 1. The molecule has 1 N–H and O–H groups in total. The molecule has 1 aliphatic heterocycles. The third kappa shape index (κ3) is 3.46. The van der Waals surface area contributed by atoms with Crippen molar-refractivity contribution >= 4 is 11.6 Å². The third-order valence-electron chi connectivity index (χ3n) is 3.26. The summed E-state index contributed by atoms with van der Waals surface area (Å²) in [6.45, 7) is 3.60. The van der Waals surface area contributed by atoms with Crippen LogP contribution in [0.3, 0.4) is 0 Å². The number of amides is 1. The van der Waals surface area contributed by atoms with E-state index >= 15 is 0 Å². The van der Waals surface area contributed by atoms with E-state index in [1.807, 2.05) is 29.0 Å². The number of anilines is 1. The first kappa shape index (κ1) is 13.4. The maximum atomic E-state index is 12.1. The van der Waals surface area contributed by atoms with Crippen molar-refractivity contribution in [2.75, 3.05) is 44.7 Å². The number of nitrogens with zero attached hydrogens (tertiary/aromatic N) is 3. The highest BCUT2D eigenvalue weighted by Crippen LogP contribution is 2.14. The Morgan fingerprint density at radius 2 is 2.21 bits per heavy atom. The molecule has 0 saturated carbocycles. The zero-order chi connectivity index (χ0) is 13.7. The second kappa shape index (κ2) is 6.21. The SMILES string of the molecule is CN(CC(=O)N1CCNCC1)c1cccc(C#N)c1. The molecule has 1 aliphatic rings. The summed E-state index contributed by atoms with van der Waals surface area (Å²) in [5.74, 6) is 0.131. The molecule has 0 bridgehead atoms. The fourth-order valence-electron chi connectivity index (χ4n) is 2.12. The Morgan fingerprint density at radius 1 is 1.47 bits per heavy atom. The Balaban J connectivity index is 1.97. The van der Waals surface area contributed by atoms with Gasteiger partial charge in [0, 0.05) is 38.9 Å². The first-order chi connectivity index (χ1) is 9.20. The van der Waals surface area contributed by atoms with E-state index in [0.717, 1.165) is 31.9 Å². The minimum Gasteiger partial charge on any atom is -0.365 e. The Bertz CT molecular complexity index is 488. The molecule has 19 heavy (non-hydrogen) atoms. The second-order valence-electron chi connectivity index (χ2n) is 4.65. The average molecular weight is 258 g/mol. The summed E-state index contributed by atoms with van der Waals surface area (Å²) in [4.78, 5) is 15.9. The molecule has 1 heterocycles. The van der Waals surface area contributed by atoms with Gasteiger partial charge in [-0.2, -0.15) is 5.26 Å². The number of rotatable bonds is 3. The van der Waals surface area contributed by atoms with Crippen LogP contribution in [0.5, 0.6) is 0 Å². The molecule has 100 valence electrons. The Hall–Kier alpha value is -2.06. The van der Waals surface area contributed by atoms with Crippen molar-refractivity contribution in [2.24, 2.45) is 0 Å². The Kier molecular flexibility index (Phi) is 4.37. The number of hydrogen-bond donors (Lipinski definition) is 1. The van der Waals surface area contributed by atoms with Crippen molar-refractivity contribution in [1.82, 2.24) is 10.2 Å². The molecule has 1 aromatic rings. The van der Waals surface area contributed by atoms with E-state index in [2.05, 4.69) is 11.4 Å². The molecular formula is C14H18N4O. The smallest absolute Gasteiger partial charge is 0.242 e. The average Bonchev–Trinajstić information content (AvgIpc) is 2.48. The molecule has 0 spiro atoms. The standard InChI is InChI=1S/C14H18N4O/c1-17(13-4-2-3-12(9-13)10-15)11-14(19)18-7-5-16-6-8-18/h2-4,9,16H,5-8,11H2,1H3. The molecule has 0 aliphatic carbocycles. The first-order valence-electron chi connectivity index (χ1n) is 6.40. The van der Waals surface area contributed by atoms with Crippen LogP contribution in [0.15, 0.2) is 24.3 Å². The number of carbonyl (C=O) groups excluding carboxylic acids is 1. The van der Waals surface area contributed by atoms with Gasteiger partial charge in [0.15, 0.2) is 0 Å². The van der Waals surface area contributed by atoms with Crippen molar-refractivity contribution in [3.05, 3.63) is 29.8 Å². The van der Waals surface area contributed by atoms with Crippen LogP contribution in [-0.2, 0) is 4.79 Å². The summed E-state index contributed by atoms with van der Waals surface area (Å²) in [6, 6.07) is 9.41. The molecule has 0 aromatic heterocycles. The van der Waals surface area contributed by atoms with Gasteiger partial charge in [-0.3, -0.25) is 4.79 Å². The number of likely N-dealkylation sites (N-methyl/N-ethyl adjacent to an activating group) is 1. The van der Waals surface area contributed by atoms with Crippen molar-refractivity contribution in [3.63, 3.8) is 0 Å². The van der Waals surface area contributed by atoms with Crippen LogP contribution in [0.25, 0.3) is 0 Å². The second-order valence-corrected chi connectivity index (χ2v) is 4.65. The fourth-order valence-corrected chi connectivity index (χ4v) is 2.12. The van der Waals surface area contributed by atoms with E-state index in [1.165, 1.54) is 0 Å². The molecule has 5 nitrogen and oxygen atoms in total. The fraction of sp³-hybridized carbons (Fsp3) is 0.429. The maximum absolute atomic E-state index is 12.1. The lowest BCUT2D eigenvalue weighted by atomic mass is 10.2. The molecule has 1 saturated heterocycles. The predicted octanol–water partition coefficient (Wildman–Crippen LogP) is 0.426. The van der Waals surface area contributed by atoms with Crippen LogP contribution in [0.1, 0.15) is 5.56 Å². The zero-order valence-electron chi connectivity index (χ0n) is 11.1. The van der Waals surface area contributed by atoms with Gasteiger partial charge in [0.25, 0.3) is 0 Å². The van der Waals surface area contributed by atoms with Crippen LogP contribution in [-0.4, -0.2) is 50.6 Å². The number of piperazine rings is 1. The Labute approximate surface area is 113 Å². The van der Waals surface area contributed by atoms with E-state index in [-0.39, 0.29) is 5.91 Å². The zero-order valence-corrected chi connectivity index (χ0v) is 11.1. The van der Waals surface area contributed by atoms with Crippen LogP contribution in [0.4, 0.5) is 5.69 Å². The van der Waals surface area contributed by atoms with Gasteiger partial charge in [0.2, 0.25) is 5.91 Å². The highest BCUT2D eigenvalue weighted by molar-refractivity contribution is 5.81. The van der Waals surface area contributed by atoms with E-state index in [1.54, 1.807) is 12.1 Å². The molecular weight excluding hydrogens is 240 g/mol. The number of hydrogen-bond acceptors (Lipinski definition) is 4. The summed E-state index contributed by atoms with van der Waals surface area (Å²) < 4.78 is 0. The van der Waals surface area contributed by atoms with Crippen LogP contribution in [0.2, 0.25) is 0 Å². The number of nitrogens with one attached hydrogen (secondary N) is 1. The normalized spacial score (nSPS) is 14.8. The van der Waals surface area contributed by atoms with E-state index < -0.39 is 0 Å². The van der Waals surface area contributed by atoms with Gasteiger partial charge in [-0.1, -0.05) is 6.07 Å². The van der Waals surface area contributed by atoms with Crippen molar-refractivity contribution in [2.45, 2.75) is 0 Å². The molecule has 2 rings (SSSR count).